The number of aromatic nitrogens is 2. The molecule has 0 aromatic carbocycles. The molecular formula is C17H25N3O2S. The van der Waals surface area contributed by atoms with Crippen molar-refractivity contribution in [3.63, 3.8) is 0 Å². The van der Waals surface area contributed by atoms with E-state index in [-0.39, 0.29) is 18.1 Å². The Morgan fingerprint density at radius 1 is 1.48 bits per heavy atom. The second kappa shape index (κ2) is 6.24. The molecule has 0 saturated carbocycles. The van der Waals surface area contributed by atoms with Crippen LogP contribution in [0.2, 0.25) is 0 Å². The smallest absolute Gasteiger partial charge is 0.264 e. The van der Waals surface area contributed by atoms with Gasteiger partial charge in [0, 0.05) is 18.5 Å². The van der Waals surface area contributed by atoms with Crippen molar-refractivity contribution in [3.05, 3.63) is 16.6 Å². The number of rotatable bonds is 3. The van der Waals surface area contributed by atoms with Gasteiger partial charge in [-0.05, 0) is 32.8 Å². The summed E-state index contributed by atoms with van der Waals surface area (Å²) in [5.74, 6) is 0.642. The number of morpholine rings is 1. The quantitative estimate of drug-likeness (QED) is 0.864. The number of ether oxygens (including phenoxy) is 1. The van der Waals surface area contributed by atoms with E-state index in [2.05, 4.69) is 18.9 Å². The van der Waals surface area contributed by atoms with E-state index < -0.39 is 0 Å². The highest BCUT2D eigenvalue weighted by atomic mass is 32.1. The fourth-order valence-corrected chi connectivity index (χ4v) is 4.14. The molecule has 5 nitrogen and oxygen atoms in total. The molecule has 126 valence electrons. The molecule has 1 fully saturated rings. The molecule has 0 unspecified atom stereocenters. The van der Waals surface area contributed by atoms with E-state index in [9.17, 15) is 4.79 Å². The van der Waals surface area contributed by atoms with Crippen LogP contribution in [-0.4, -0.2) is 45.9 Å². The van der Waals surface area contributed by atoms with E-state index in [1.54, 1.807) is 11.3 Å². The number of fused-ring (bicyclic) bond motifs is 1. The highest BCUT2D eigenvalue weighted by Gasteiger charge is 2.29. The summed E-state index contributed by atoms with van der Waals surface area (Å²) in [7, 11) is 0. The monoisotopic (exact) mass is 335 g/mol. The van der Waals surface area contributed by atoms with Crippen molar-refractivity contribution in [2.45, 2.75) is 53.3 Å². The van der Waals surface area contributed by atoms with Crippen LogP contribution in [0.15, 0.2) is 6.07 Å². The Bertz CT molecular complexity index is 719. The summed E-state index contributed by atoms with van der Waals surface area (Å²) in [5.41, 5.74) is 0.999. The van der Waals surface area contributed by atoms with E-state index in [1.165, 1.54) is 0 Å². The third-order valence-corrected chi connectivity index (χ3v) is 5.36. The fraction of sp³-hybridized carbons (Fsp3) is 0.647. The fourth-order valence-electron chi connectivity index (χ4n) is 3.02. The third-order valence-electron chi connectivity index (χ3n) is 4.22. The zero-order valence-electron chi connectivity index (χ0n) is 14.5. The van der Waals surface area contributed by atoms with Crippen LogP contribution >= 0.6 is 11.3 Å². The zero-order chi connectivity index (χ0) is 16.7. The molecule has 2 aromatic rings. The number of carbonyl (C=O) groups excluding carboxylic acids is 1. The highest BCUT2D eigenvalue weighted by molar-refractivity contribution is 7.20. The van der Waals surface area contributed by atoms with Gasteiger partial charge in [-0.2, -0.15) is 5.10 Å². The van der Waals surface area contributed by atoms with Gasteiger partial charge in [0.05, 0.1) is 29.3 Å². The van der Waals surface area contributed by atoms with Gasteiger partial charge in [-0.25, -0.2) is 0 Å². The minimum absolute atomic E-state index is 0.0997. The van der Waals surface area contributed by atoms with Crippen molar-refractivity contribution in [1.82, 2.24) is 14.7 Å². The molecule has 3 rings (SSSR count). The molecule has 23 heavy (non-hydrogen) atoms. The van der Waals surface area contributed by atoms with Gasteiger partial charge in [0.1, 0.15) is 4.83 Å². The highest BCUT2D eigenvalue weighted by Crippen LogP contribution is 2.30. The summed E-state index contributed by atoms with van der Waals surface area (Å²) in [6.07, 6.45) is 0.0997. The molecule has 1 saturated heterocycles. The van der Waals surface area contributed by atoms with Crippen LogP contribution in [-0.2, 0) is 11.3 Å². The van der Waals surface area contributed by atoms with E-state index in [0.717, 1.165) is 27.3 Å². The SMILES string of the molecule is Cc1nn(CC(C)C)c2sc(C(=O)N3C[C@@H](C)OC[C@@H]3C)cc12. The number of amides is 1. The lowest BCUT2D eigenvalue weighted by Crippen LogP contribution is -2.50. The maximum Gasteiger partial charge on any atom is 0.264 e. The first-order valence-corrected chi connectivity index (χ1v) is 9.08. The van der Waals surface area contributed by atoms with Gasteiger partial charge in [0.15, 0.2) is 0 Å². The topological polar surface area (TPSA) is 47.4 Å². The van der Waals surface area contributed by atoms with Crippen LogP contribution in [0.25, 0.3) is 10.2 Å². The van der Waals surface area contributed by atoms with Crippen LogP contribution in [0.1, 0.15) is 43.1 Å². The van der Waals surface area contributed by atoms with Gasteiger partial charge >= 0.3 is 0 Å². The van der Waals surface area contributed by atoms with Gasteiger partial charge in [-0.15, -0.1) is 11.3 Å². The Morgan fingerprint density at radius 3 is 2.91 bits per heavy atom. The molecule has 1 aliphatic rings. The Kier molecular flexibility index (Phi) is 4.47. The Morgan fingerprint density at radius 2 is 2.22 bits per heavy atom. The molecular weight excluding hydrogens is 310 g/mol. The molecule has 0 spiro atoms. The molecule has 0 N–H and O–H groups in total. The van der Waals surface area contributed by atoms with Crippen LogP contribution in [0.4, 0.5) is 0 Å². The van der Waals surface area contributed by atoms with Crippen LogP contribution in [0.3, 0.4) is 0 Å². The lowest BCUT2D eigenvalue weighted by Gasteiger charge is -2.36. The molecule has 3 heterocycles. The number of aryl methyl sites for hydroxylation is 1. The average molecular weight is 335 g/mol. The van der Waals surface area contributed by atoms with E-state index in [0.29, 0.717) is 19.1 Å². The Balaban J connectivity index is 1.92. The predicted molar refractivity (Wildman–Crippen MR) is 93.1 cm³/mol. The molecule has 1 amide bonds. The van der Waals surface area contributed by atoms with Crippen molar-refractivity contribution in [1.29, 1.82) is 0 Å². The van der Waals surface area contributed by atoms with Crippen molar-refractivity contribution >= 4 is 27.5 Å². The standard InChI is InChI=1S/C17H25N3O2S/c1-10(2)7-20-17-14(13(5)18-20)6-15(23-17)16(21)19-8-12(4)22-9-11(19)3/h6,10-12H,7-9H2,1-5H3/t11-,12+/m0/s1. The third kappa shape index (κ3) is 3.15. The molecule has 0 bridgehead atoms. The van der Waals surface area contributed by atoms with Crippen molar-refractivity contribution < 1.29 is 9.53 Å². The van der Waals surface area contributed by atoms with Gasteiger partial charge in [-0.1, -0.05) is 13.8 Å². The van der Waals surface area contributed by atoms with E-state index in [4.69, 9.17) is 4.74 Å². The molecule has 2 aromatic heterocycles. The normalized spacial score (nSPS) is 22.3. The summed E-state index contributed by atoms with van der Waals surface area (Å²) < 4.78 is 7.67. The van der Waals surface area contributed by atoms with E-state index >= 15 is 0 Å². The van der Waals surface area contributed by atoms with Gasteiger partial charge < -0.3 is 9.64 Å². The first-order chi connectivity index (χ1) is 10.9. The lowest BCUT2D eigenvalue weighted by molar-refractivity contribution is -0.0385. The Hall–Kier alpha value is -1.40. The number of hydrogen-bond acceptors (Lipinski definition) is 4. The second-order valence-corrected chi connectivity index (χ2v) is 7.97. The maximum absolute atomic E-state index is 12.9. The lowest BCUT2D eigenvalue weighted by atomic mass is 10.2. The van der Waals surface area contributed by atoms with Gasteiger partial charge in [0.2, 0.25) is 0 Å². The summed E-state index contributed by atoms with van der Waals surface area (Å²) in [5, 5.41) is 5.72. The number of carbonyl (C=O) groups is 1. The van der Waals surface area contributed by atoms with E-state index in [1.807, 2.05) is 36.4 Å². The molecule has 0 aliphatic carbocycles. The summed E-state index contributed by atoms with van der Waals surface area (Å²) >= 11 is 1.56. The first kappa shape index (κ1) is 16.5. The van der Waals surface area contributed by atoms with Crippen LogP contribution < -0.4 is 0 Å². The minimum Gasteiger partial charge on any atom is -0.375 e. The second-order valence-electron chi connectivity index (χ2n) is 6.94. The molecule has 2 atom stereocenters. The summed E-state index contributed by atoms with van der Waals surface area (Å²) in [6.45, 7) is 12.6. The van der Waals surface area contributed by atoms with Crippen LogP contribution in [0, 0.1) is 12.8 Å². The average Bonchev–Trinajstić information content (AvgIpc) is 3.03. The molecule has 0 radical (unpaired) electrons. The summed E-state index contributed by atoms with van der Waals surface area (Å²) in [6, 6.07) is 2.13. The summed E-state index contributed by atoms with van der Waals surface area (Å²) in [4.78, 5) is 16.8. The zero-order valence-corrected chi connectivity index (χ0v) is 15.3. The van der Waals surface area contributed by atoms with Gasteiger partial charge in [0.25, 0.3) is 5.91 Å². The van der Waals surface area contributed by atoms with Crippen molar-refractivity contribution in [3.8, 4) is 0 Å². The minimum atomic E-state index is 0.0997. The van der Waals surface area contributed by atoms with Crippen molar-refractivity contribution in [2.75, 3.05) is 13.2 Å². The predicted octanol–water partition coefficient (Wildman–Crippen LogP) is 3.31. The largest absolute Gasteiger partial charge is 0.375 e. The van der Waals surface area contributed by atoms with Crippen molar-refractivity contribution in [2.24, 2.45) is 5.92 Å². The number of nitrogens with zero attached hydrogens (tertiary/aromatic N) is 3. The van der Waals surface area contributed by atoms with Crippen LogP contribution in [0.5, 0.6) is 0 Å². The number of hydrogen-bond donors (Lipinski definition) is 0. The Labute approximate surface area is 141 Å². The van der Waals surface area contributed by atoms with Gasteiger partial charge in [-0.3, -0.25) is 9.48 Å². The molecule has 1 aliphatic heterocycles. The maximum atomic E-state index is 12.9. The number of thiophene rings is 1. The first-order valence-electron chi connectivity index (χ1n) is 8.26. The molecule has 6 heteroatoms.